The summed E-state index contributed by atoms with van der Waals surface area (Å²) in [6.45, 7) is 1.21. The van der Waals surface area contributed by atoms with Crippen molar-refractivity contribution in [3.8, 4) is 0 Å². The largest absolute Gasteiger partial charge is 0.383 e. The summed E-state index contributed by atoms with van der Waals surface area (Å²) in [5, 5.41) is 3.26. The molecule has 0 radical (unpaired) electrons. The molecule has 3 nitrogen and oxygen atoms in total. The lowest BCUT2D eigenvalue weighted by atomic mass is 9.97. The molecule has 0 fully saturated rings. The van der Waals surface area contributed by atoms with Crippen molar-refractivity contribution in [1.82, 2.24) is 5.32 Å². The maximum Gasteiger partial charge on any atom is 0.184 e. The molecule has 0 aliphatic carbocycles. The number of Topliss-reactive ketones (excluding diaryl/α,β-unsaturated/α-hetero) is 1. The Morgan fingerprint density at radius 1 is 1.05 bits per heavy atom. The van der Waals surface area contributed by atoms with Gasteiger partial charge in [-0.2, -0.15) is 0 Å². The van der Waals surface area contributed by atoms with Crippen LogP contribution in [0.15, 0.2) is 60.7 Å². The minimum atomic E-state index is -0.339. The van der Waals surface area contributed by atoms with Crippen LogP contribution in [-0.4, -0.2) is 26.0 Å². The quantitative estimate of drug-likeness (QED) is 0.630. The Balaban J connectivity index is 0.00000220. The third-order valence-corrected chi connectivity index (χ3v) is 3.11. The smallest absolute Gasteiger partial charge is 0.184 e. The maximum absolute atomic E-state index is 12.6. The second-order valence-electron chi connectivity index (χ2n) is 4.52. The Hall–Kier alpha value is -1.68. The maximum atomic E-state index is 12.6. The molecule has 0 saturated heterocycles. The average molecular weight is 306 g/mol. The number of carbonyl (C=O) groups excluding carboxylic acids is 1. The molecule has 1 N–H and O–H groups in total. The zero-order valence-corrected chi connectivity index (χ0v) is 12.8. The predicted octanol–water partition coefficient (Wildman–Crippen LogP) is 3.27. The molecule has 0 aliphatic rings. The van der Waals surface area contributed by atoms with Crippen LogP contribution < -0.4 is 5.32 Å². The van der Waals surface area contributed by atoms with Crippen LogP contribution in [0.4, 0.5) is 0 Å². The molecule has 2 rings (SSSR count). The summed E-state index contributed by atoms with van der Waals surface area (Å²) in [5.74, 6) is 0.0768. The molecular weight excluding hydrogens is 286 g/mol. The number of methoxy groups -OCH3 is 1. The minimum absolute atomic E-state index is 0. The Kier molecular flexibility index (Phi) is 7.69. The fourth-order valence-electron chi connectivity index (χ4n) is 2.08. The Labute approximate surface area is 131 Å². The van der Waals surface area contributed by atoms with Crippen molar-refractivity contribution in [3.05, 3.63) is 71.8 Å². The van der Waals surface area contributed by atoms with Gasteiger partial charge in [0.05, 0.1) is 12.6 Å². The minimum Gasteiger partial charge on any atom is -0.383 e. The number of halogens is 1. The van der Waals surface area contributed by atoms with E-state index in [1.807, 2.05) is 60.7 Å². The fraction of sp³-hybridized carbons (Fsp3) is 0.235. The number of hydrogen-bond acceptors (Lipinski definition) is 3. The van der Waals surface area contributed by atoms with Crippen LogP contribution in [0, 0.1) is 0 Å². The summed E-state index contributed by atoms with van der Waals surface area (Å²) in [6, 6.07) is 18.8. The molecule has 1 atom stereocenters. The number of hydrogen-bond donors (Lipinski definition) is 1. The summed E-state index contributed by atoms with van der Waals surface area (Å²) in [4.78, 5) is 12.6. The van der Waals surface area contributed by atoms with Gasteiger partial charge in [0.1, 0.15) is 0 Å². The molecule has 0 aliphatic heterocycles. The SMILES string of the molecule is COCCNC(C(=O)c1ccccc1)c1ccccc1.Cl. The van der Waals surface area contributed by atoms with Gasteiger partial charge in [0.2, 0.25) is 0 Å². The molecule has 2 aromatic carbocycles. The number of nitrogens with one attached hydrogen (secondary N) is 1. The average Bonchev–Trinajstić information content (AvgIpc) is 2.53. The number of carbonyl (C=O) groups is 1. The highest BCUT2D eigenvalue weighted by Crippen LogP contribution is 2.18. The first-order chi connectivity index (χ1) is 9.83. The van der Waals surface area contributed by atoms with Crippen LogP contribution in [0.25, 0.3) is 0 Å². The highest BCUT2D eigenvalue weighted by atomic mass is 35.5. The van der Waals surface area contributed by atoms with Gasteiger partial charge in [-0.25, -0.2) is 0 Å². The predicted molar refractivity (Wildman–Crippen MR) is 87.1 cm³/mol. The molecule has 0 amide bonds. The lowest BCUT2D eigenvalue weighted by Crippen LogP contribution is -2.31. The second-order valence-corrected chi connectivity index (χ2v) is 4.52. The Bertz CT molecular complexity index is 531. The van der Waals surface area contributed by atoms with Crippen LogP contribution >= 0.6 is 12.4 Å². The molecule has 1 unspecified atom stereocenters. The molecule has 112 valence electrons. The van der Waals surface area contributed by atoms with E-state index in [9.17, 15) is 4.79 Å². The van der Waals surface area contributed by atoms with Crippen molar-refractivity contribution in [2.75, 3.05) is 20.3 Å². The van der Waals surface area contributed by atoms with E-state index in [4.69, 9.17) is 4.74 Å². The standard InChI is InChI=1S/C17H19NO2.ClH/c1-20-13-12-18-16(14-8-4-2-5-9-14)17(19)15-10-6-3-7-11-15;/h2-11,16,18H,12-13H2,1H3;1H. The molecule has 21 heavy (non-hydrogen) atoms. The normalized spacial score (nSPS) is 11.5. The summed E-state index contributed by atoms with van der Waals surface area (Å²) in [5.41, 5.74) is 1.68. The molecule has 4 heteroatoms. The van der Waals surface area contributed by atoms with Crippen molar-refractivity contribution < 1.29 is 9.53 Å². The highest BCUT2D eigenvalue weighted by molar-refractivity contribution is 6.00. The number of ketones is 1. The van der Waals surface area contributed by atoms with E-state index < -0.39 is 0 Å². The molecule has 0 aromatic heterocycles. The highest BCUT2D eigenvalue weighted by Gasteiger charge is 2.20. The summed E-state index contributed by atoms with van der Waals surface area (Å²) in [7, 11) is 1.65. The number of rotatable bonds is 7. The van der Waals surface area contributed by atoms with Crippen LogP contribution in [0.2, 0.25) is 0 Å². The molecule has 2 aromatic rings. The van der Waals surface area contributed by atoms with Gasteiger partial charge < -0.3 is 10.1 Å². The van der Waals surface area contributed by atoms with Gasteiger partial charge in [-0.05, 0) is 5.56 Å². The van der Waals surface area contributed by atoms with Gasteiger partial charge in [0.25, 0.3) is 0 Å². The van der Waals surface area contributed by atoms with Crippen LogP contribution in [0.1, 0.15) is 22.0 Å². The van der Waals surface area contributed by atoms with Crippen molar-refractivity contribution in [2.24, 2.45) is 0 Å². The first-order valence-corrected chi connectivity index (χ1v) is 6.69. The lowest BCUT2D eigenvalue weighted by molar-refractivity contribution is 0.0936. The van der Waals surface area contributed by atoms with E-state index in [-0.39, 0.29) is 24.2 Å². The fourth-order valence-corrected chi connectivity index (χ4v) is 2.08. The Morgan fingerprint density at radius 3 is 2.19 bits per heavy atom. The van der Waals surface area contributed by atoms with Gasteiger partial charge in [-0.15, -0.1) is 12.4 Å². The van der Waals surface area contributed by atoms with Gasteiger partial charge in [-0.3, -0.25) is 4.79 Å². The Morgan fingerprint density at radius 2 is 1.62 bits per heavy atom. The molecule has 0 saturated carbocycles. The second kappa shape index (κ2) is 9.29. The van der Waals surface area contributed by atoms with Crippen molar-refractivity contribution in [3.63, 3.8) is 0 Å². The zero-order chi connectivity index (χ0) is 14.2. The van der Waals surface area contributed by atoms with Crippen molar-refractivity contribution >= 4 is 18.2 Å². The molecule has 0 spiro atoms. The van der Waals surface area contributed by atoms with Gasteiger partial charge in [-0.1, -0.05) is 60.7 Å². The van der Waals surface area contributed by atoms with Gasteiger partial charge in [0, 0.05) is 19.2 Å². The third-order valence-electron chi connectivity index (χ3n) is 3.11. The molecular formula is C17H20ClNO2. The first kappa shape index (κ1) is 17.4. The number of ether oxygens (including phenoxy) is 1. The summed E-state index contributed by atoms with van der Waals surface area (Å²) in [6.07, 6.45) is 0. The van der Waals surface area contributed by atoms with Gasteiger partial charge >= 0.3 is 0 Å². The van der Waals surface area contributed by atoms with E-state index in [2.05, 4.69) is 5.32 Å². The number of benzene rings is 2. The van der Waals surface area contributed by atoms with Crippen molar-refractivity contribution in [2.45, 2.75) is 6.04 Å². The van der Waals surface area contributed by atoms with E-state index in [1.54, 1.807) is 7.11 Å². The first-order valence-electron chi connectivity index (χ1n) is 6.69. The zero-order valence-electron chi connectivity index (χ0n) is 12.0. The molecule has 0 heterocycles. The lowest BCUT2D eigenvalue weighted by Gasteiger charge is -2.18. The van der Waals surface area contributed by atoms with E-state index in [1.165, 1.54) is 0 Å². The van der Waals surface area contributed by atoms with Crippen LogP contribution in [0.3, 0.4) is 0 Å². The summed E-state index contributed by atoms with van der Waals surface area (Å²) >= 11 is 0. The van der Waals surface area contributed by atoms with Crippen LogP contribution in [-0.2, 0) is 4.74 Å². The molecule has 0 bridgehead atoms. The van der Waals surface area contributed by atoms with E-state index in [0.717, 1.165) is 5.56 Å². The van der Waals surface area contributed by atoms with Crippen LogP contribution in [0.5, 0.6) is 0 Å². The monoisotopic (exact) mass is 305 g/mol. The van der Waals surface area contributed by atoms with E-state index >= 15 is 0 Å². The third kappa shape index (κ3) is 4.97. The topological polar surface area (TPSA) is 38.3 Å². The summed E-state index contributed by atoms with van der Waals surface area (Å²) < 4.78 is 5.04. The van der Waals surface area contributed by atoms with Gasteiger partial charge in [0.15, 0.2) is 5.78 Å². The van der Waals surface area contributed by atoms with E-state index in [0.29, 0.717) is 18.7 Å². The van der Waals surface area contributed by atoms with Crippen molar-refractivity contribution in [1.29, 1.82) is 0 Å².